The highest BCUT2D eigenvalue weighted by atomic mass is 35.5. The molecule has 3 N–H and O–H groups in total. The van der Waals surface area contributed by atoms with Gasteiger partial charge in [0.1, 0.15) is 5.69 Å². The average Bonchev–Trinajstić information content (AvgIpc) is 3.42. The number of nitro benzene ring substituents is 1. The standard InChI is InChI=1S/C18H11Cl2N9O4/c19-12-6-1-9(7-13(12)20)8-22-24-18(30)14-15(10-2-4-11(5-3-10)29(31)32)28(27-23-14)17-16(21)25-33-26-17/h1-8H,(H2,21,25)(H,24,30)/b22-8+. The van der Waals surface area contributed by atoms with Crippen molar-refractivity contribution in [3.63, 3.8) is 0 Å². The smallest absolute Gasteiger partial charge is 0.294 e. The Morgan fingerprint density at radius 1 is 1.18 bits per heavy atom. The van der Waals surface area contributed by atoms with Gasteiger partial charge >= 0.3 is 0 Å². The highest BCUT2D eigenvalue weighted by Gasteiger charge is 2.25. The molecule has 2 heterocycles. The zero-order valence-corrected chi connectivity index (χ0v) is 17.7. The molecule has 1 amide bonds. The van der Waals surface area contributed by atoms with E-state index in [1.807, 2.05) is 0 Å². The van der Waals surface area contributed by atoms with Crippen molar-refractivity contribution in [3.05, 3.63) is 73.9 Å². The first-order chi connectivity index (χ1) is 15.8. The van der Waals surface area contributed by atoms with Crippen molar-refractivity contribution in [2.75, 3.05) is 5.73 Å². The van der Waals surface area contributed by atoms with Crippen LogP contribution in [0.2, 0.25) is 10.0 Å². The SMILES string of the molecule is Nc1nonc1-n1nnc(C(=O)N/N=C/c2ccc(Cl)c(Cl)c2)c1-c1ccc([N+](=O)[O-])cc1. The number of rotatable bonds is 6. The summed E-state index contributed by atoms with van der Waals surface area (Å²) >= 11 is 11.8. The number of nitrogens with one attached hydrogen (secondary N) is 1. The molecule has 13 nitrogen and oxygen atoms in total. The van der Waals surface area contributed by atoms with E-state index in [4.69, 9.17) is 28.9 Å². The summed E-state index contributed by atoms with van der Waals surface area (Å²) in [6, 6.07) is 10.2. The summed E-state index contributed by atoms with van der Waals surface area (Å²) in [6.07, 6.45) is 1.36. The third kappa shape index (κ3) is 4.49. The van der Waals surface area contributed by atoms with Crippen LogP contribution in [0.4, 0.5) is 11.5 Å². The highest BCUT2D eigenvalue weighted by Crippen LogP contribution is 2.28. The van der Waals surface area contributed by atoms with Gasteiger partial charge in [0.25, 0.3) is 11.6 Å². The maximum absolute atomic E-state index is 12.8. The topological polar surface area (TPSA) is 180 Å². The predicted octanol–water partition coefficient (Wildman–Crippen LogP) is 2.88. The van der Waals surface area contributed by atoms with Gasteiger partial charge in [-0.15, -0.1) is 5.10 Å². The zero-order valence-electron chi connectivity index (χ0n) is 16.2. The normalized spacial score (nSPS) is 11.1. The van der Waals surface area contributed by atoms with Crippen LogP contribution in [0.1, 0.15) is 16.1 Å². The molecule has 0 aliphatic carbocycles. The zero-order chi connectivity index (χ0) is 23.5. The lowest BCUT2D eigenvalue weighted by atomic mass is 10.1. The van der Waals surface area contributed by atoms with Gasteiger partial charge in [-0.2, -0.15) is 9.78 Å². The Morgan fingerprint density at radius 2 is 1.94 bits per heavy atom. The molecule has 2 aromatic heterocycles. The Morgan fingerprint density at radius 3 is 2.58 bits per heavy atom. The van der Waals surface area contributed by atoms with Crippen LogP contribution in [0.3, 0.4) is 0 Å². The summed E-state index contributed by atoms with van der Waals surface area (Å²) in [4.78, 5) is 23.2. The molecule has 0 aliphatic rings. The lowest BCUT2D eigenvalue weighted by molar-refractivity contribution is -0.384. The van der Waals surface area contributed by atoms with Crippen molar-refractivity contribution >= 4 is 46.8 Å². The van der Waals surface area contributed by atoms with E-state index >= 15 is 0 Å². The number of anilines is 1. The number of hydrazone groups is 1. The molecule has 2 aromatic carbocycles. The molecule has 15 heteroatoms. The van der Waals surface area contributed by atoms with Gasteiger partial charge in [-0.3, -0.25) is 14.9 Å². The highest BCUT2D eigenvalue weighted by molar-refractivity contribution is 6.42. The molecule has 0 fully saturated rings. The van der Waals surface area contributed by atoms with E-state index in [1.165, 1.54) is 30.5 Å². The van der Waals surface area contributed by atoms with Crippen LogP contribution < -0.4 is 11.2 Å². The number of amides is 1. The van der Waals surface area contributed by atoms with Crippen molar-refractivity contribution in [2.24, 2.45) is 5.10 Å². The summed E-state index contributed by atoms with van der Waals surface area (Å²) in [7, 11) is 0. The lowest BCUT2D eigenvalue weighted by Crippen LogP contribution is -2.19. The van der Waals surface area contributed by atoms with E-state index in [1.54, 1.807) is 18.2 Å². The predicted molar refractivity (Wildman–Crippen MR) is 117 cm³/mol. The fraction of sp³-hybridized carbons (Fsp3) is 0. The second kappa shape index (κ2) is 9.02. The molecule has 4 rings (SSSR count). The summed E-state index contributed by atoms with van der Waals surface area (Å²) in [5.41, 5.74) is 8.87. The number of halogens is 2. The fourth-order valence-electron chi connectivity index (χ4n) is 2.73. The van der Waals surface area contributed by atoms with Crippen molar-refractivity contribution in [2.45, 2.75) is 0 Å². The van der Waals surface area contributed by atoms with E-state index in [2.05, 4.69) is 35.8 Å². The van der Waals surface area contributed by atoms with Gasteiger partial charge in [-0.1, -0.05) is 34.5 Å². The van der Waals surface area contributed by atoms with Gasteiger partial charge in [-0.05, 0) is 40.1 Å². The fourth-order valence-corrected chi connectivity index (χ4v) is 3.04. The second-order valence-electron chi connectivity index (χ2n) is 6.35. The first-order valence-electron chi connectivity index (χ1n) is 8.92. The van der Waals surface area contributed by atoms with Crippen molar-refractivity contribution < 1.29 is 14.3 Å². The number of nitrogens with two attached hydrogens (primary N) is 1. The van der Waals surface area contributed by atoms with Crippen LogP contribution in [0.15, 0.2) is 52.2 Å². The van der Waals surface area contributed by atoms with Crippen molar-refractivity contribution in [1.82, 2.24) is 30.7 Å². The molecule has 0 unspecified atom stereocenters. The molecule has 33 heavy (non-hydrogen) atoms. The van der Waals surface area contributed by atoms with Crippen molar-refractivity contribution in [3.8, 4) is 17.1 Å². The van der Waals surface area contributed by atoms with Crippen LogP contribution in [0.5, 0.6) is 0 Å². The molecule has 0 aliphatic heterocycles. The molecule has 4 aromatic rings. The van der Waals surface area contributed by atoms with Crippen LogP contribution in [0, 0.1) is 10.1 Å². The molecule has 0 bridgehead atoms. The Labute approximate surface area is 193 Å². The largest absolute Gasteiger partial charge is 0.378 e. The number of carbonyl (C=O) groups is 1. The summed E-state index contributed by atoms with van der Waals surface area (Å²) in [5.74, 6) is -0.845. The summed E-state index contributed by atoms with van der Waals surface area (Å²) < 4.78 is 5.73. The number of nitrogens with zero attached hydrogens (tertiary/aromatic N) is 7. The third-order valence-electron chi connectivity index (χ3n) is 4.26. The summed E-state index contributed by atoms with van der Waals surface area (Å²) in [5, 5.41) is 30.5. The number of carbonyl (C=O) groups excluding carboxylic acids is 1. The molecule has 0 saturated carbocycles. The number of non-ortho nitro benzene ring substituents is 1. The van der Waals surface area contributed by atoms with Gasteiger partial charge in [-0.25, -0.2) is 10.1 Å². The number of hydrogen-bond donors (Lipinski definition) is 2. The quantitative estimate of drug-likeness (QED) is 0.234. The Balaban J connectivity index is 1.68. The number of hydrogen-bond acceptors (Lipinski definition) is 10. The van der Waals surface area contributed by atoms with Gasteiger partial charge in [0, 0.05) is 17.7 Å². The molecule has 0 atom stereocenters. The van der Waals surface area contributed by atoms with Gasteiger partial charge < -0.3 is 5.73 Å². The Bertz CT molecular complexity index is 1380. The lowest BCUT2D eigenvalue weighted by Gasteiger charge is -2.05. The van der Waals surface area contributed by atoms with Crippen LogP contribution in [-0.2, 0) is 0 Å². The number of nitrogen functional groups attached to an aromatic ring is 1. The van der Waals surface area contributed by atoms with E-state index < -0.39 is 10.8 Å². The molecule has 0 radical (unpaired) electrons. The summed E-state index contributed by atoms with van der Waals surface area (Å²) in [6.45, 7) is 0. The molecule has 0 saturated heterocycles. The van der Waals surface area contributed by atoms with Gasteiger partial charge in [0.2, 0.25) is 11.6 Å². The molecular formula is C18H11Cl2N9O4. The second-order valence-corrected chi connectivity index (χ2v) is 7.16. The monoisotopic (exact) mass is 487 g/mol. The average molecular weight is 488 g/mol. The first-order valence-corrected chi connectivity index (χ1v) is 9.68. The maximum atomic E-state index is 12.8. The number of aromatic nitrogens is 5. The van der Waals surface area contributed by atoms with Crippen LogP contribution in [0.25, 0.3) is 17.1 Å². The number of benzene rings is 2. The minimum atomic E-state index is -0.721. The van der Waals surface area contributed by atoms with E-state index in [9.17, 15) is 14.9 Å². The minimum absolute atomic E-state index is 0.0192. The molecule has 0 spiro atoms. The number of nitro groups is 1. The van der Waals surface area contributed by atoms with Crippen molar-refractivity contribution in [1.29, 1.82) is 0 Å². The van der Waals surface area contributed by atoms with E-state index in [0.717, 1.165) is 4.68 Å². The first kappa shape index (κ1) is 21.9. The van der Waals surface area contributed by atoms with Gasteiger partial charge in [0.05, 0.1) is 21.2 Å². The Kier molecular flexibility index (Phi) is 5.97. The maximum Gasteiger partial charge on any atom is 0.294 e. The van der Waals surface area contributed by atoms with Crippen LogP contribution in [-0.4, -0.2) is 42.4 Å². The van der Waals surface area contributed by atoms with E-state index in [-0.39, 0.29) is 28.7 Å². The Hall–Kier alpha value is -4.36. The third-order valence-corrected chi connectivity index (χ3v) is 5.00. The molecule has 166 valence electrons. The minimum Gasteiger partial charge on any atom is -0.378 e. The molecular weight excluding hydrogens is 477 g/mol. The van der Waals surface area contributed by atoms with Gasteiger partial charge in [0.15, 0.2) is 5.69 Å². The van der Waals surface area contributed by atoms with Crippen LogP contribution >= 0.6 is 23.2 Å². The van der Waals surface area contributed by atoms with E-state index in [0.29, 0.717) is 21.2 Å².